The fourth-order valence-corrected chi connectivity index (χ4v) is 4.70. The fraction of sp³-hybridized carbons (Fsp3) is 0.455. The van der Waals surface area contributed by atoms with E-state index in [4.69, 9.17) is 9.47 Å². The maximum Gasteiger partial charge on any atom is 0.169 e. The molecule has 3 aliphatic rings. The molecule has 0 atom stereocenters. The molecule has 0 saturated heterocycles. The summed E-state index contributed by atoms with van der Waals surface area (Å²) >= 11 is 0. The Bertz CT molecular complexity index is 757. The van der Waals surface area contributed by atoms with E-state index in [1.165, 1.54) is 79.2 Å². The van der Waals surface area contributed by atoms with Gasteiger partial charge >= 0.3 is 0 Å². The van der Waals surface area contributed by atoms with Crippen LogP contribution in [0.5, 0.6) is 11.5 Å². The van der Waals surface area contributed by atoms with E-state index < -0.39 is 0 Å². The summed E-state index contributed by atoms with van der Waals surface area (Å²) in [5.74, 6) is 1.96. The topological polar surface area (TPSA) is 18.5 Å². The zero-order valence-electron chi connectivity index (χ0n) is 14.2. The van der Waals surface area contributed by atoms with Crippen LogP contribution in [0.3, 0.4) is 0 Å². The highest BCUT2D eigenvalue weighted by atomic mass is 16.6. The smallest absolute Gasteiger partial charge is 0.169 e. The molecule has 0 N–H and O–H groups in total. The van der Waals surface area contributed by atoms with E-state index in [1.54, 1.807) is 5.56 Å². The average molecular weight is 320 g/mol. The second-order valence-corrected chi connectivity index (χ2v) is 7.27. The van der Waals surface area contributed by atoms with Crippen LogP contribution in [0.1, 0.15) is 47.9 Å². The molecular weight excluding hydrogens is 296 g/mol. The molecule has 0 aromatic heterocycles. The minimum atomic E-state index is 0.661. The average Bonchev–Trinajstić information content (AvgIpc) is 2.66. The summed E-state index contributed by atoms with van der Waals surface area (Å²) in [5, 5.41) is 0. The van der Waals surface area contributed by atoms with Crippen molar-refractivity contribution in [2.75, 3.05) is 13.2 Å². The Hall–Kier alpha value is -1.96. The van der Waals surface area contributed by atoms with E-state index in [9.17, 15) is 0 Å². The molecule has 0 saturated carbocycles. The van der Waals surface area contributed by atoms with Crippen molar-refractivity contribution in [1.82, 2.24) is 0 Å². The van der Waals surface area contributed by atoms with Crippen molar-refractivity contribution in [2.24, 2.45) is 0 Å². The van der Waals surface area contributed by atoms with Crippen molar-refractivity contribution in [1.29, 1.82) is 0 Å². The van der Waals surface area contributed by atoms with Gasteiger partial charge in [0.2, 0.25) is 0 Å². The van der Waals surface area contributed by atoms with Crippen LogP contribution >= 0.6 is 0 Å². The molecule has 2 aromatic rings. The van der Waals surface area contributed by atoms with Gasteiger partial charge in [0, 0.05) is 5.56 Å². The van der Waals surface area contributed by atoms with Crippen molar-refractivity contribution in [3.8, 4) is 22.6 Å². The molecule has 24 heavy (non-hydrogen) atoms. The summed E-state index contributed by atoms with van der Waals surface area (Å²) in [6.45, 7) is 1.33. The zero-order valence-corrected chi connectivity index (χ0v) is 14.2. The van der Waals surface area contributed by atoms with Crippen LogP contribution in [0.15, 0.2) is 24.3 Å². The number of aryl methyl sites for hydroxylation is 2. The van der Waals surface area contributed by atoms with E-state index in [-0.39, 0.29) is 0 Å². The highest BCUT2D eigenvalue weighted by Gasteiger charge is 2.27. The molecule has 0 unspecified atom stereocenters. The maximum absolute atomic E-state index is 6.14. The monoisotopic (exact) mass is 320 g/mol. The molecule has 0 radical (unpaired) electrons. The first kappa shape index (κ1) is 14.4. The Morgan fingerprint density at radius 3 is 2.38 bits per heavy atom. The van der Waals surface area contributed by atoms with Gasteiger partial charge in [0.05, 0.1) is 0 Å². The van der Waals surface area contributed by atoms with Crippen LogP contribution in [0.25, 0.3) is 11.1 Å². The fourth-order valence-electron chi connectivity index (χ4n) is 4.70. The van der Waals surface area contributed by atoms with E-state index in [1.807, 2.05) is 0 Å². The van der Waals surface area contributed by atoms with Gasteiger partial charge in [-0.2, -0.15) is 0 Å². The van der Waals surface area contributed by atoms with E-state index >= 15 is 0 Å². The molecule has 2 aliphatic carbocycles. The highest BCUT2D eigenvalue weighted by Crippen LogP contribution is 2.48. The Labute approximate surface area is 143 Å². The van der Waals surface area contributed by atoms with E-state index in [2.05, 4.69) is 24.3 Å². The summed E-state index contributed by atoms with van der Waals surface area (Å²) in [4.78, 5) is 0. The minimum absolute atomic E-state index is 0.661. The van der Waals surface area contributed by atoms with Crippen molar-refractivity contribution < 1.29 is 9.47 Å². The molecular formula is C22H24O2. The Morgan fingerprint density at radius 1 is 0.708 bits per heavy atom. The van der Waals surface area contributed by atoms with Crippen LogP contribution in [-0.4, -0.2) is 13.2 Å². The lowest BCUT2D eigenvalue weighted by Gasteiger charge is -2.29. The predicted molar refractivity (Wildman–Crippen MR) is 96.2 cm³/mol. The van der Waals surface area contributed by atoms with Gasteiger partial charge in [0.25, 0.3) is 0 Å². The van der Waals surface area contributed by atoms with Gasteiger partial charge in [0.1, 0.15) is 13.2 Å². The van der Waals surface area contributed by atoms with Crippen molar-refractivity contribution in [3.63, 3.8) is 0 Å². The molecule has 0 fully saturated rings. The van der Waals surface area contributed by atoms with Crippen LogP contribution in [0.4, 0.5) is 0 Å². The molecule has 2 heteroatoms. The molecule has 124 valence electrons. The second kappa shape index (κ2) is 5.84. The van der Waals surface area contributed by atoms with E-state index in [0.717, 1.165) is 11.5 Å². The largest absolute Gasteiger partial charge is 0.486 e. The first-order chi connectivity index (χ1) is 11.9. The molecule has 0 amide bonds. The number of hydrogen-bond acceptors (Lipinski definition) is 2. The summed E-state index contributed by atoms with van der Waals surface area (Å²) < 4.78 is 12.1. The van der Waals surface area contributed by atoms with Gasteiger partial charge in [-0.05, 0) is 85.3 Å². The number of ether oxygens (including phenoxy) is 2. The third kappa shape index (κ3) is 2.23. The lowest BCUT2D eigenvalue weighted by Crippen LogP contribution is -2.18. The number of rotatable bonds is 1. The van der Waals surface area contributed by atoms with Gasteiger partial charge in [-0.1, -0.05) is 18.2 Å². The Morgan fingerprint density at radius 2 is 1.46 bits per heavy atom. The molecule has 0 bridgehead atoms. The molecule has 2 nitrogen and oxygen atoms in total. The van der Waals surface area contributed by atoms with Crippen LogP contribution in [-0.2, 0) is 25.7 Å². The molecule has 0 spiro atoms. The Kier molecular flexibility index (Phi) is 3.50. The summed E-state index contributed by atoms with van der Waals surface area (Å²) in [6, 6.07) is 9.11. The third-order valence-corrected chi connectivity index (χ3v) is 5.82. The zero-order chi connectivity index (χ0) is 15.9. The standard InChI is InChI=1S/C22H24O2/c1-3-9-17-15(6-1)8-5-11-19(17)21-18-10-4-2-7-16(18)14-20-22(21)24-13-12-23-20/h5,8,11,14H,1-4,6-7,9-10,12-13H2. The van der Waals surface area contributed by atoms with Crippen LogP contribution in [0, 0.1) is 0 Å². The van der Waals surface area contributed by atoms with Crippen LogP contribution in [0.2, 0.25) is 0 Å². The number of benzene rings is 2. The van der Waals surface area contributed by atoms with E-state index in [0.29, 0.717) is 13.2 Å². The van der Waals surface area contributed by atoms with Gasteiger partial charge in [0.15, 0.2) is 11.5 Å². The minimum Gasteiger partial charge on any atom is -0.486 e. The second-order valence-electron chi connectivity index (χ2n) is 7.27. The summed E-state index contributed by atoms with van der Waals surface area (Å²) in [7, 11) is 0. The number of hydrogen-bond donors (Lipinski definition) is 0. The van der Waals surface area contributed by atoms with Crippen molar-refractivity contribution in [3.05, 3.63) is 46.5 Å². The SMILES string of the molecule is c1cc2c(c(-c3c4c(cc5c3OCCO5)CCCC4)c1)CCCC2. The summed E-state index contributed by atoms with van der Waals surface area (Å²) in [6.07, 6.45) is 9.97. The Balaban J connectivity index is 1.79. The van der Waals surface area contributed by atoms with Crippen molar-refractivity contribution in [2.45, 2.75) is 51.4 Å². The maximum atomic E-state index is 6.14. The highest BCUT2D eigenvalue weighted by molar-refractivity contribution is 5.82. The molecule has 5 rings (SSSR count). The summed E-state index contributed by atoms with van der Waals surface area (Å²) in [5.41, 5.74) is 8.85. The van der Waals surface area contributed by atoms with Gasteiger partial charge in [-0.15, -0.1) is 0 Å². The molecule has 1 heterocycles. The normalized spacial score (nSPS) is 18.7. The quantitative estimate of drug-likeness (QED) is 0.745. The number of fused-ring (bicyclic) bond motifs is 3. The first-order valence-corrected chi connectivity index (χ1v) is 9.47. The lowest BCUT2D eigenvalue weighted by atomic mass is 9.80. The van der Waals surface area contributed by atoms with Gasteiger partial charge in [-0.3, -0.25) is 0 Å². The molecule has 2 aromatic carbocycles. The first-order valence-electron chi connectivity index (χ1n) is 9.47. The van der Waals surface area contributed by atoms with Crippen molar-refractivity contribution >= 4 is 0 Å². The van der Waals surface area contributed by atoms with Crippen LogP contribution < -0.4 is 9.47 Å². The molecule has 1 aliphatic heterocycles. The lowest BCUT2D eigenvalue weighted by molar-refractivity contribution is 0.172. The predicted octanol–water partition coefficient (Wildman–Crippen LogP) is 4.88. The van der Waals surface area contributed by atoms with Gasteiger partial charge < -0.3 is 9.47 Å². The van der Waals surface area contributed by atoms with Gasteiger partial charge in [-0.25, -0.2) is 0 Å². The third-order valence-electron chi connectivity index (χ3n) is 5.82.